The molecular formula is C23H28INO2. The van der Waals surface area contributed by atoms with Gasteiger partial charge in [-0.15, -0.1) is 0 Å². The topological polar surface area (TPSA) is 42.4 Å². The van der Waals surface area contributed by atoms with Crippen molar-refractivity contribution in [3.8, 4) is 5.75 Å². The molecule has 0 saturated carbocycles. The van der Waals surface area contributed by atoms with Crippen LogP contribution in [0.3, 0.4) is 0 Å². The van der Waals surface area contributed by atoms with Gasteiger partial charge in [-0.3, -0.25) is 0 Å². The van der Waals surface area contributed by atoms with Crippen LogP contribution in [0.25, 0.3) is 10.9 Å². The van der Waals surface area contributed by atoms with Crippen molar-refractivity contribution in [1.29, 1.82) is 0 Å². The minimum Gasteiger partial charge on any atom is -0.487 e. The van der Waals surface area contributed by atoms with Crippen LogP contribution in [0.4, 0.5) is 0 Å². The summed E-state index contributed by atoms with van der Waals surface area (Å²) in [4.78, 5) is 6.59. The lowest BCUT2D eigenvalue weighted by Gasteiger charge is -2.13. The molecule has 27 heavy (non-hydrogen) atoms. The fourth-order valence-electron chi connectivity index (χ4n) is 2.91. The molecule has 3 nitrogen and oxygen atoms in total. The molecule has 1 aromatic heterocycles. The molecular weight excluding hydrogens is 449 g/mol. The van der Waals surface area contributed by atoms with Crippen LogP contribution in [0, 0.1) is 0 Å². The monoisotopic (exact) mass is 477 g/mol. The van der Waals surface area contributed by atoms with Crippen molar-refractivity contribution in [2.75, 3.05) is 4.93 Å². The molecule has 0 aliphatic rings. The number of ether oxygens (including phenoxy) is 1. The number of pyridine rings is 1. The number of nitrogens with zero attached hydrogens (tertiary/aromatic N) is 1. The second-order valence-electron chi connectivity index (χ2n) is 6.37. The molecule has 0 aliphatic heterocycles. The fourth-order valence-corrected chi connectivity index (χ4v) is 2.91. The Morgan fingerprint density at radius 1 is 1.00 bits per heavy atom. The average molecular weight is 477 g/mol. The number of benzene rings is 2. The molecule has 144 valence electrons. The van der Waals surface area contributed by atoms with Gasteiger partial charge < -0.3 is 9.84 Å². The van der Waals surface area contributed by atoms with Gasteiger partial charge in [0.05, 0.1) is 17.3 Å². The van der Waals surface area contributed by atoms with E-state index in [2.05, 4.69) is 46.6 Å². The number of para-hydroxylation sites is 1. The highest BCUT2D eigenvalue weighted by Crippen LogP contribution is 2.24. The molecule has 1 unspecified atom stereocenters. The van der Waals surface area contributed by atoms with E-state index >= 15 is 0 Å². The molecule has 0 fully saturated rings. The van der Waals surface area contributed by atoms with Gasteiger partial charge in [-0.05, 0) is 41.2 Å². The molecule has 1 N–H and O–H groups in total. The highest BCUT2D eigenvalue weighted by Gasteiger charge is 2.08. The van der Waals surface area contributed by atoms with Crippen LogP contribution in [-0.2, 0) is 6.61 Å². The van der Waals surface area contributed by atoms with Crippen molar-refractivity contribution in [1.82, 2.24) is 4.98 Å². The minimum absolute atomic E-state index is 0.417. The molecule has 1 heterocycles. The number of aliphatic hydroxyl groups excluding tert-OH is 1. The van der Waals surface area contributed by atoms with Gasteiger partial charge in [0, 0.05) is 5.39 Å². The van der Waals surface area contributed by atoms with Crippen molar-refractivity contribution < 1.29 is 9.84 Å². The van der Waals surface area contributed by atoms with Crippen LogP contribution in [0.5, 0.6) is 5.75 Å². The predicted octanol–water partition coefficient (Wildman–Crippen LogP) is 6.48. The van der Waals surface area contributed by atoms with Crippen molar-refractivity contribution in [3.63, 3.8) is 0 Å². The van der Waals surface area contributed by atoms with Crippen molar-refractivity contribution in [2.24, 2.45) is 0 Å². The Morgan fingerprint density at radius 2 is 1.81 bits per heavy atom. The van der Waals surface area contributed by atoms with Crippen LogP contribution in [-0.4, -0.2) is 15.0 Å². The zero-order chi connectivity index (χ0) is 19.5. The van der Waals surface area contributed by atoms with Crippen LogP contribution in [0.15, 0.2) is 60.7 Å². The Balaban J connectivity index is 0.00000126. The summed E-state index contributed by atoms with van der Waals surface area (Å²) in [6, 6.07) is 19.9. The van der Waals surface area contributed by atoms with E-state index in [9.17, 15) is 5.11 Å². The SMILES string of the molecule is CCCCCC(O)c1cccc(OCc2ccc3ccccc3n2)c1.CI. The summed E-state index contributed by atoms with van der Waals surface area (Å²) in [6.45, 7) is 2.59. The van der Waals surface area contributed by atoms with Gasteiger partial charge in [-0.25, -0.2) is 4.98 Å². The standard InChI is InChI=1S/C22H25NO2.CH3I/c1-2-3-4-12-22(24)18-9-7-10-20(15-18)25-16-19-14-13-17-8-5-6-11-21(17)23-19;1-2/h5-11,13-15,22,24H,2-4,12,16H2,1H3;1H3. The lowest BCUT2D eigenvalue weighted by Crippen LogP contribution is -2.01. The second kappa shape index (κ2) is 11.9. The third-order valence-electron chi connectivity index (χ3n) is 4.37. The maximum Gasteiger partial charge on any atom is 0.130 e. The smallest absolute Gasteiger partial charge is 0.130 e. The van der Waals surface area contributed by atoms with E-state index in [-0.39, 0.29) is 0 Å². The Bertz CT molecular complexity index is 822. The van der Waals surface area contributed by atoms with E-state index in [1.807, 2.05) is 53.5 Å². The number of rotatable bonds is 8. The van der Waals surface area contributed by atoms with Gasteiger partial charge in [0.1, 0.15) is 12.4 Å². The molecule has 0 aliphatic carbocycles. The minimum atomic E-state index is -0.422. The summed E-state index contributed by atoms with van der Waals surface area (Å²) in [5.74, 6) is 0.766. The van der Waals surface area contributed by atoms with Crippen LogP contribution >= 0.6 is 22.6 Å². The number of halogens is 1. The number of alkyl halides is 1. The van der Waals surface area contributed by atoms with Gasteiger partial charge in [-0.2, -0.15) is 0 Å². The second-order valence-corrected chi connectivity index (χ2v) is 6.37. The largest absolute Gasteiger partial charge is 0.487 e. The summed E-state index contributed by atoms with van der Waals surface area (Å²) < 4.78 is 5.88. The molecule has 0 saturated heterocycles. The van der Waals surface area contributed by atoms with Gasteiger partial charge >= 0.3 is 0 Å². The summed E-state index contributed by atoms with van der Waals surface area (Å²) in [6.07, 6.45) is 3.73. The first-order valence-electron chi connectivity index (χ1n) is 9.39. The average Bonchev–Trinajstić information content (AvgIpc) is 2.74. The molecule has 0 amide bonds. The molecule has 0 radical (unpaired) electrons. The summed E-state index contributed by atoms with van der Waals surface area (Å²) >= 11 is 2.15. The quantitative estimate of drug-likeness (QED) is 0.230. The maximum atomic E-state index is 10.3. The molecule has 2 aromatic carbocycles. The first-order valence-corrected chi connectivity index (χ1v) is 11.6. The molecule has 4 heteroatoms. The summed E-state index contributed by atoms with van der Waals surface area (Å²) in [5.41, 5.74) is 2.79. The lowest BCUT2D eigenvalue weighted by molar-refractivity contribution is 0.163. The van der Waals surface area contributed by atoms with Crippen LogP contribution < -0.4 is 4.74 Å². The van der Waals surface area contributed by atoms with E-state index < -0.39 is 6.10 Å². The normalized spacial score (nSPS) is 11.6. The van der Waals surface area contributed by atoms with E-state index in [0.717, 1.165) is 53.6 Å². The Morgan fingerprint density at radius 3 is 2.63 bits per heavy atom. The number of hydrogen-bond donors (Lipinski definition) is 1. The van der Waals surface area contributed by atoms with Crippen LogP contribution in [0.2, 0.25) is 0 Å². The van der Waals surface area contributed by atoms with Crippen LogP contribution in [0.1, 0.15) is 50.0 Å². The van der Waals surface area contributed by atoms with E-state index in [4.69, 9.17) is 4.74 Å². The van der Waals surface area contributed by atoms with E-state index in [0.29, 0.717) is 6.61 Å². The molecule has 1 atom stereocenters. The zero-order valence-electron chi connectivity index (χ0n) is 16.1. The van der Waals surface area contributed by atoms with Gasteiger partial charge in [-0.1, -0.05) is 85.2 Å². The predicted molar refractivity (Wildman–Crippen MR) is 122 cm³/mol. The third kappa shape index (κ3) is 6.78. The number of aliphatic hydroxyl groups is 1. The Kier molecular flexibility index (Phi) is 9.56. The van der Waals surface area contributed by atoms with Crippen molar-refractivity contribution >= 4 is 33.5 Å². The Hall–Kier alpha value is -1.66. The Labute approximate surface area is 175 Å². The number of aromatic nitrogens is 1. The first-order chi connectivity index (χ1) is 13.3. The maximum absolute atomic E-state index is 10.3. The summed E-state index contributed by atoms with van der Waals surface area (Å²) in [5, 5.41) is 11.4. The fraction of sp³-hybridized carbons (Fsp3) is 0.348. The van der Waals surface area contributed by atoms with Gasteiger partial charge in [0.2, 0.25) is 0 Å². The van der Waals surface area contributed by atoms with Gasteiger partial charge in [0.15, 0.2) is 0 Å². The molecule has 3 aromatic rings. The highest BCUT2D eigenvalue weighted by atomic mass is 127. The molecule has 0 spiro atoms. The molecule has 0 bridgehead atoms. The zero-order valence-corrected chi connectivity index (χ0v) is 18.2. The third-order valence-corrected chi connectivity index (χ3v) is 4.37. The van der Waals surface area contributed by atoms with Crippen molar-refractivity contribution in [2.45, 2.75) is 45.3 Å². The first kappa shape index (κ1) is 21.6. The highest BCUT2D eigenvalue weighted by molar-refractivity contribution is 14.1. The van der Waals surface area contributed by atoms with Gasteiger partial charge in [0.25, 0.3) is 0 Å². The number of hydrogen-bond acceptors (Lipinski definition) is 3. The van der Waals surface area contributed by atoms with E-state index in [1.54, 1.807) is 0 Å². The lowest BCUT2D eigenvalue weighted by atomic mass is 10.0. The number of fused-ring (bicyclic) bond motifs is 1. The summed E-state index contributed by atoms with van der Waals surface area (Å²) in [7, 11) is 0. The van der Waals surface area contributed by atoms with E-state index in [1.165, 1.54) is 0 Å². The molecule has 3 rings (SSSR count). The number of unbranched alkanes of at least 4 members (excludes halogenated alkanes) is 2. The van der Waals surface area contributed by atoms with Crippen molar-refractivity contribution in [3.05, 3.63) is 71.9 Å².